The molecule has 10 heteroatoms. The number of carbonyl (C=O) groups excluding carboxylic acids is 2. The number of aromatic nitrogens is 1. The number of nitrogens with zero attached hydrogens (tertiary/aromatic N) is 4. The first-order valence-electron chi connectivity index (χ1n) is 10.1. The molecule has 1 atom stereocenters. The highest BCUT2D eigenvalue weighted by Crippen LogP contribution is 2.23. The number of nitro benzene ring substituents is 1. The van der Waals surface area contributed by atoms with Crippen LogP contribution in [0, 0.1) is 17.0 Å². The second kappa shape index (κ2) is 9.71. The maximum absolute atomic E-state index is 12.5. The highest BCUT2D eigenvalue weighted by molar-refractivity contribution is 6.39. The van der Waals surface area contributed by atoms with Crippen molar-refractivity contribution in [1.82, 2.24) is 19.7 Å². The van der Waals surface area contributed by atoms with Gasteiger partial charge in [0.05, 0.1) is 16.7 Å². The quantitative estimate of drug-likeness (QED) is 0.407. The van der Waals surface area contributed by atoms with Gasteiger partial charge in [-0.3, -0.25) is 24.6 Å². The molecule has 1 saturated heterocycles. The van der Waals surface area contributed by atoms with Gasteiger partial charge in [0.15, 0.2) is 0 Å². The zero-order valence-corrected chi connectivity index (χ0v) is 18.0. The van der Waals surface area contributed by atoms with E-state index in [1.54, 1.807) is 6.92 Å². The molecule has 1 aliphatic heterocycles. The second-order valence-electron chi connectivity index (χ2n) is 7.82. The number of rotatable bonds is 6. The van der Waals surface area contributed by atoms with Crippen LogP contribution in [0.15, 0.2) is 36.5 Å². The van der Waals surface area contributed by atoms with Crippen molar-refractivity contribution >= 4 is 23.2 Å². The Labute approximate surface area is 181 Å². The number of aryl methyl sites for hydroxylation is 2. The van der Waals surface area contributed by atoms with E-state index < -0.39 is 16.7 Å². The summed E-state index contributed by atoms with van der Waals surface area (Å²) in [4.78, 5) is 39.9. The molecule has 1 aromatic heterocycles. The van der Waals surface area contributed by atoms with Crippen molar-refractivity contribution < 1.29 is 14.5 Å². The Balaban J connectivity index is 1.66. The van der Waals surface area contributed by atoms with Gasteiger partial charge in [-0.2, -0.15) is 0 Å². The van der Waals surface area contributed by atoms with Gasteiger partial charge in [-0.25, -0.2) is 0 Å². The summed E-state index contributed by atoms with van der Waals surface area (Å²) in [6.07, 6.45) is 1.96. The molecule has 1 aromatic carbocycles. The van der Waals surface area contributed by atoms with Gasteiger partial charge >= 0.3 is 11.8 Å². The van der Waals surface area contributed by atoms with E-state index in [2.05, 4.69) is 27.5 Å². The highest BCUT2D eigenvalue weighted by atomic mass is 16.6. The number of nitro groups is 1. The van der Waals surface area contributed by atoms with Gasteiger partial charge in [0.1, 0.15) is 0 Å². The van der Waals surface area contributed by atoms with E-state index in [-0.39, 0.29) is 24.0 Å². The summed E-state index contributed by atoms with van der Waals surface area (Å²) >= 11 is 0. The van der Waals surface area contributed by atoms with Crippen LogP contribution in [0.1, 0.15) is 17.3 Å². The number of likely N-dealkylation sites (N-methyl/N-ethyl adjacent to an activating group) is 1. The fourth-order valence-corrected chi connectivity index (χ4v) is 3.68. The third-order valence-corrected chi connectivity index (χ3v) is 5.65. The molecule has 166 valence electrons. The second-order valence-corrected chi connectivity index (χ2v) is 7.82. The fourth-order valence-electron chi connectivity index (χ4n) is 3.68. The lowest BCUT2D eigenvalue weighted by Gasteiger charge is -2.38. The lowest BCUT2D eigenvalue weighted by atomic mass is 10.1. The number of nitrogens with one attached hydrogen (secondary N) is 2. The Bertz CT molecular complexity index is 965. The van der Waals surface area contributed by atoms with Crippen LogP contribution >= 0.6 is 0 Å². The van der Waals surface area contributed by atoms with Crippen LogP contribution in [-0.4, -0.2) is 70.9 Å². The van der Waals surface area contributed by atoms with E-state index in [9.17, 15) is 19.7 Å². The molecule has 0 radical (unpaired) electrons. The van der Waals surface area contributed by atoms with Crippen molar-refractivity contribution in [3.63, 3.8) is 0 Å². The van der Waals surface area contributed by atoms with Crippen molar-refractivity contribution in [2.24, 2.45) is 7.05 Å². The Morgan fingerprint density at radius 1 is 1.13 bits per heavy atom. The molecule has 2 aromatic rings. The van der Waals surface area contributed by atoms with E-state index >= 15 is 0 Å². The molecular weight excluding hydrogens is 400 g/mol. The summed E-state index contributed by atoms with van der Waals surface area (Å²) in [5.74, 6) is -1.63. The number of non-ortho nitro benzene ring substituents is 1. The smallest absolute Gasteiger partial charge is 0.313 e. The molecule has 10 nitrogen and oxygen atoms in total. The molecule has 3 rings (SSSR count). The number of hydrogen-bond acceptors (Lipinski definition) is 6. The maximum Gasteiger partial charge on any atom is 0.313 e. The molecule has 0 aliphatic carbocycles. The lowest BCUT2D eigenvalue weighted by molar-refractivity contribution is -0.384. The summed E-state index contributed by atoms with van der Waals surface area (Å²) < 4.78 is 2.02. The van der Waals surface area contributed by atoms with E-state index in [1.807, 2.05) is 29.9 Å². The molecular formula is C21H28N6O4. The number of benzene rings is 1. The van der Waals surface area contributed by atoms with Crippen LogP contribution in [0.2, 0.25) is 0 Å². The van der Waals surface area contributed by atoms with E-state index in [1.165, 1.54) is 18.2 Å². The van der Waals surface area contributed by atoms with Gasteiger partial charge in [-0.15, -0.1) is 0 Å². The summed E-state index contributed by atoms with van der Waals surface area (Å²) in [6.45, 7) is 5.57. The summed E-state index contributed by atoms with van der Waals surface area (Å²) in [7, 11) is 4.04. The topological polar surface area (TPSA) is 113 Å². The minimum Gasteiger partial charge on any atom is -0.353 e. The Morgan fingerprint density at radius 2 is 1.84 bits per heavy atom. The average molecular weight is 428 g/mol. The molecule has 2 N–H and O–H groups in total. The van der Waals surface area contributed by atoms with Crippen LogP contribution in [0.4, 0.5) is 11.4 Å². The van der Waals surface area contributed by atoms with Crippen LogP contribution in [0.25, 0.3) is 0 Å². The zero-order valence-electron chi connectivity index (χ0n) is 18.0. The molecule has 1 aliphatic rings. The van der Waals surface area contributed by atoms with E-state index in [4.69, 9.17) is 0 Å². The highest BCUT2D eigenvalue weighted by Gasteiger charge is 2.27. The van der Waals surface area contributed by atoms with E-state index in [0.29, 0.717) is 5.56 Å². The standard InChI is InChI=1S/C21H28N6O4/c1-15-6-7-16(27(30)31)13-17(15)23-21(29)20(28)22-14-19(18-5-4-8-25(18)3)26-11-9-24(2)10-12-26/h4-8,13,19H,9-12,14H2,1-3H3,(H,22,28)(H,23,29). The molecule has 1 fully saturated rings. The summed E-state index contributed by atoms with van der Waals surface area (Å²) in [6, 6.07) is 8.04. The lowest BCUT2D eigenvalue weighted by Crippen LogP contribution is -2.49. The van der Waals surface area contributed by atoms with Crippen LogP contribution in [0.5, 0.6) is 0 Å². The Hall–Kier alpha value is -3.24. The first-order chi connectivity index (χ1) is 14.8. The minimum atomic E-state index is -0.854. The van der Waals surface area contributed by atoms with Gasteiger partial charge < -0.3 is 20.1 Å². The molecule has 1 unspecified atom stereocenters. The molecule has 0 bridgehead atoms. The fraction of sp³-hybridized carbons (Fsp3) is 0.429. The number of piperazine rings is 1. The predicted octanol–water partition coefficient (Wildman–Crippen LogP) is 1.29. The zero-order chi connectivity index (χ0) is 22.5. The number of carbonyl (C=O) groups is 2. The molecule has 2 heterocycles. The molecule has 0 spiro atoms. The van der Waals surface area contributed by atoms with Gasteiger partial charge in [0, 0.05) is 63.8 Å². The SMILES string of the molecule is Cc1ccc([N+](=O)[O-])cc1NC(=O)C(=O)NCC(c1cccn1C)N1CCN(C)CC1. The Kier molecular flexibility index (Phi) is 7.03. The van der Waals surface area contributed by atoms with Crippen molar-refractivity contribution in [2.45, 2.75) is 13.0 Å². The third-order valence-electron chi connectivity index (χ3n) is 5.65. The minimum absolute atomic E-state index is 0.0648. The number of hydrogen-bond donors (Lipinski definition) is 2. The van der Waals surface area contributed by atoms with Gasteiger partial charge in [-0.05, 0) is 31.7 Å². The molecule has 0 saturated carbocycles. The van der Waals surface area contributed by atoms with Crippen LogP contribution in [-0.2, 0) is 16.6 Å². The van der Waals surface area contributed by atoms with Crippen LogP contribution < -0.4 is 10.6 Å². The largest absolute Gasteiger partial charge is 0.353 e. The van der Waals surface area contributed by atoms with Crippen molar-refractivity contribution in [2.75, 3.05) is 45.1 Å². The monoisotopic (exact) mass is 428 g/mol. The van der Waals surface area contributed by atoms with Gasteiger partial charge in [0.25, 0.3) is 5.69 Å². The first-order valence-corrected chi connectivity index (χ1v) is 10.1. The maximum atomic E-state index is 12.5. The summed E-state index contributed by atoms with van der Waals surface area (Å²) in [5.41, 5.74) is 1.78. The van der Waals surface area contributed by atoms with Crippen molar-refractivity contribution in [1.29, 1.82) is 0 Å². The van der Waals surface area contributed by atoms with Crippen molar-refractivity contribution in [3.8, 4) is 0 Å². The van der Waals surface area contributed by atoms with Gasteiger partial charge in [0.2, 0.25) is 0 Å². The van der Waals surface area contributed by atoms with E-state index in [0.717, 1.165) is 31.9 Å². The number of amides is 2. The molecule has 31 heavy (non-hydrogen) atoms. The third kappa shape index (κ3) is 5.47. The van der Waals surface area contributed by atoms with Crippen molar-refractivity contribution in [3.05, 3.63) is 57.9 Å². The molecule has 2 amide bonds. The predicted molar refractivity (Wildman–Crippen MR) is 117 cm³/mol. The first kappa shape index (κ1) is 22.4. The van der Waals surface area contributed by atoms with Gasteiger partial charge in [-0.1, -0.05) is 6.07 Å². The van der Waals surface area contributed by atoms with Crippen LogP contribution in [0.3, 0.4) is 0 Å². The number of anilines is 1. The summed E-state index contributed by atoms with van der Waals surface area (Å²) in [5, 5.41) is 16.2. The normalized spacial score (nSPS) is 16.0. The Morgan fingerprint density at radius 3 is 2.45 bits per heavy atom. The average Bonchev–Trinajstić information content (AvgIpc) is 3.16.